The molecule has 21 heavy (non-hydrogen) atoms. The van der Waals surface area contributed by atoms with Crippen LogP contribution in [0.2, 0.25) is 0 Å². The Labute approximate surface area is 131 Å². The third-order valence-corrected chi connectivity index (χ3v) is 5.27. The molecule has 0 aromatic heterocycles. The van der Waals surface area contributed by atoms with E-state index in [9.17, 15) is 5.26 Å². The molecule has 0 radical (unpaired) electrons. The predicted molar refractivity (Wildman–Crippen MR) is 88.7 cm³/mol. The second-order valence-corrected chi connectivity index (χ2v) is 6.48. The predicted octanol–water partition coefficient (Wildman–Crippen LogP) is 3.17. The number of hydrogen-bond donors (Lipinski definition) is 2. The zero-order valence-corrected chi connectivity index (χ0v) is 13.4. The van der Waals surface area contributed by atoms with Crippen molar-refractivity contribution in [2.45, 2.75) is 18.7 Å². The number of nitrogens with one attached hydrogen (secondary N) is 2. The molecule has 2 aliphatic rings. The summed E-state index contributed by atoms with van der Waals surface area (Å²) in [4.78, 5) is 2.86. The van der Waals surface area contributed by atoms with Crippen LogP contribution in [0.1, 0.15) is 11.1 Å². The van der Waals surface area contributed by atoms with Crippen molar-refractivity contribution in [3.05, 3.63) is 33.9 Å². The van der Waals surface area contributed by atoms with E-state index in [1.54, 1.807) is 4.90 Å². The van der Waals surface area contributed by atoms with Gasteiger partial charge in [0.25, 0.3) is 0 Å². The highest BCUT2D eigenvalue weighted by molar-refractivity contribution is 8.15. The first-order valence-electron chi connectivity index (χ1n) is 6.27. The van der Waals surface area contributed by atoms with Crippen LogP contribution >= 0.6 is 23.5 Å². The van der Waals surface area contributed by atoms with Gasteiger partial charge in [0.05, 0.1) is 5.69 Å². The van der Waals surface area contributed by atoms with E-state index in [1.165, 1.54) is 23.5 Å². The largest absolute Gasteiger partial charge is 0.283 e. The lowest BCUT2D eigenvalue weighted by molar-refractivity contribution is 0.953. The Morgan fingerprint density at radius 2 is 2.10 bits per heavy atom. The summed E-state index contributed by atoms with van der Waals surface area (Å²) in [7, 11) is 0. The van der Waals surface area contributed by atoms with Crippen molar-refractivity contribution in [3.8, 4) is 6.07 Å². The number of nitriles is 1. The molecule has 1 aromatic rings. The van der Waals surface area contributed by atoms with Gasteiger partial charge in [-0.25, -0.2) is 0 Å². The van der Waals surface area contributed by atoms with Crippen molar-refractivity contribution in [1.29, 1.82) is 10.7 Å². The van der Waals surface area contributed by atoms with Crippen molar-refractivity contribution in [2.75, 3.05) is 11.2 Å². The first kappa shape index (κ1) is 14.0. The van der Waals surface area contributed by atoms with Crippen LogP contribution in [0.25, 0.3) is 0 Å². The monoisotopic (exact) mass is 315 g/mol. The number of hydrazone groups is 1. The zero-order valence-electron chi connectivity index (χ0n) is 11.8. The second kappa shape index (κ2) is 5.13. The van der Waals surface area contributed by atoms with Crippen molar-refractivity contribution in [2.24, 2.45) is 5.10 Å². The molecule has 0 bridgehead atoms. The summed E-state index contributed by atoms with van der Waals surface area (Å²) >= 11 is 2.92. The number of aryl methyl sites for hydroxylation is 2. The van der Waals surface area contributed by atoms with Crippen LogP contribution in [-0.4, -0.2) is 17.3 Å². The lowest BCUT2D eigenvalue weighted by atomic mass is 10.1. The van der Waals surface area contributed by atoms with Crippen LogP contribution in [0, 0.1) is 30.6 Å². The fourth-order valence-electron chi connectivity index (χ4n) is 2.32. The molecule has 0 atom stereocenters. The average Bonchev–Trinajstić information content (AvgIpc) is 2.81. The lowest BCUT2D eigenvalue weighted by Crippen LogP contribution is -2.32. The fourth-order valence-corrected chi connectivity index (χ4v) is 3.92. The maximum absolute atomic E-state index is 9.39. The molecule has 106 valence electrons. The number of fused-ring (bicyclic) bond motifs is 3. The summed E-state index contributed by atoms with van der Waals surface area (Å²) in [6.07, 6.45) is 1.86. The van der Waals surface area contributed by atoms with Crippen LogP contribution in [0.15, 0.2) is 32.7 Å². The van der Waals surface area contributed by atoms with E-state index in [4.69, 9.17) is 5.41 Å². The van der Waals surface area contributed by atoms with Gasteiger partial charge in [-0.3, -0.25) is 15.7 Å². The standard InChI is InChI=1S/C14H13N5S2/c1-7-4-5-8(2)11-10(7)19-12(16)9(6-15)13(20-3)17-18-14(19)21-11/h4-5,16-17H,1-3H3. The van der Waals surface area contributed by atoms with Crippen LogP contribution in [0.5, 0.6) is 0 Å². The topological polar surface area (TPSA) is 75.3 Å². The van der Waals surface area contributed by atoms with Crippen molar-refractivity contribution in [3.63, 3.8) is 0 Å². The summed E-state index contributed by atoms with van der Waals surface area (Å²) in [5.41, 5.74) is 6.41. The van der Waals surface area contributed by atoms with Crippen molar-refractivity contribution >= 4 is 40.2 Å². The minimum atomic E-state index is 0.172. The van der Waals surface area contributed by atoms with E-state index in [0.29, 0.717) is 15.8 Å². The number of anilines is 1. The Kier molecular flexibility index (Phi) is 3.43. The molecular weight excluding hydrogens is 302 g/mol. The number of hydrogen-bond acceptors (Lipinski definition) is 6. The summed E-state index contributed by atoms with van der Waals surface area (Å²) in [5.74, 6) is 0.172. The molecule has 0 fully saturated rings. The highest BCUT2D eigenvalue weighted by Crippen LogP contribution is 2.45. The Bertz CT molecular complexity index is 757. The molecular formula is C14H13N5S2. The molecule has 0 saturated carbocycles. The lowest BCUT2D eigenvalue weighted by Gasteiger charge is -2.19. The maximum atomic E-state index is 9.39. The van der Waals surface area contributed by atoms with Gasteiger partial charge in [0.15, 0.2) is 11.0 Å². The summed E-state index contributed by atoms with van der Waals surface area (Å²) in [6.45, 7) is 4.06. The molecule has 0 aliphatic carbocycles. The van der Waals surface area contributed by atoms with Gasteiger partial charge in [0.1, 0.15) is 16.7 Å². The van der Waals surface area contributed by atoms with Gasteiger partial charge in [-0.1, -0.05) is 12.1 Å². The van der Waals surface area contributed by atoms with Gasteiger partial charge in [0, 0.05) is 4.90 Å². The number of rotatable bonds is 1. The van der Waals surface area contributed by atoms with E-state index < -0.39 is 0 Å². The molecule has 2 heterocycles. The van der Waals surface area contributed by atoms with Crippen molar-refractivity contribution < 1.29 is 0 Å². The maximum Gasteiger partial charge on any atom is 0.198 e. The number of thioether (sulfide) groups is 2. The first-order valence-corrected chi connectivity index (χ1v) is 8.31. The average molecular weight is 315 g/mol. The van der Waals surface area contributed by atoms with Gasteiger partial charge >= 0.3 is 0 Å². The van der Waals surface area contributed by atoms with Crippen LogP contribution in [0.4, 0.5) is 5.69 Å². The zero-order chi connectivity index (χ0) is 15.1. The summed E-state index contributed by atoms with van der Waals surface area (Å²) in [6, 6.07) is 6.22. The van der Waals surface area contributed by atoms with Gasteiger partial charge in [-0.15, -0.1) is 16.9 Å². The summed E-state index contributed by atoms with van der Waals surface area (Å²) in [5, 5.41) is 23.5. The van der Waals surface area contributed by atoms with E-state index in [0.717, 1.165) is 21.7 Å². The fraction of sp³-hybridized carbons (Fsp3) is 0.214. The van der Waals surface area contributed by atoms with E-state index in [-0.39, 0.29) is 5.84 Å². The van der Waals surface area contributed by atoms with Gasteiger partial charge in [-0.2, -0.15) is 5.26 Å². The number of amidine groups is 2. The van der Waals surface area contributed by atoms with E-state index in [2.05, 4.69) is 22.7 Å². The molecule has 2 N–H and O–H groups in total. The molecule has 0 unspecified atom stereocenters. The third-order valence-electron chi connectivity index (χ3n) is 3.39. The molecule has 5 nitrogen and oxygen atoms in total. The molecule has 0 amide bonds. The molecule has 0 spiro atoms. The smallest absolute Gasteiger partial charge is 0.198 e. The SMILES string of the molecule is CSC1=C(C#N)C(=N)N2C(=NN1)Sc1c(C)ccc(C)c12. The molecule has 3 rings (SSSR count). The second-order valence-electron chi connectivity index (χ2n) is 4.69. The summed E-state index contributed by atoms with van der Waals surface area (Å²) < 4.78 is 0. The number of nitrogens with zero attached hydrogens (tertiary/aromatic N) is 3. The molecule has 1 aromatic carbocycles. The van der Waals surface area contributed by atoms with Gasteiger partial charge < -0.3 is 0 Å². The van der Waals surface area contributed by atoms with E-state index in [1.807, 2.05) is 26.2 Å². The highest BCUT2D eigenvalue weighted by Gasteiger charge is 2.36. The Hall–Kier alpha value is -1.91. The van der Waals surface area contributed by atoms with E-state index >= 15 is 0 Å². The Balaban J connectivity index is 2.22. The Morgan fingerprint density at radius 1 is 1.38 bits per heavy atom. The van der Waals surface area contributed by atoms with Crippen LogP contribution in [-0.2, 0) is 0 Å². The molecule has 0 saturated heterocycles. The van der Waals surface area contributed by atoms with Crippen LogP contribution < -0.4 is 10.3 Å². The molecule has 2 aliphatic heterocycles. The van der Waals surface area contributed by atoms with Gasteiger partial charge in [0.2, 0.25) is 0 Å². The van der Waals surface area contributed by atoms with Crippen LogP contribution in [0.3, 0.4) is 0 Å². The Morgan fingerprint density at radius 3 is 2.76 bits per heavy atom. The minimum Gasteiger partial charge on any atom is -0.283 e. The highest BCUT2D eigenvalue weighted by atomic mass is 32.2. The van der Waals surface area contributed by atoms with Crippen molar-refractivity contribution in [1.82, 2.24) is 5.43 Å². The third kappa shape index (κ3) is 2.03. The quantitative estimate of drug-likeness (QED) is 0.832. The number of benzene rings is 1. The normalized spacial score (nSPS) is 16.8. The van der Waals surface area contributed by atoms with Gasteiger partial charge in [-0.05, 0) is 43.0 Å². The molecule has 7 heteroatoms. The first-order chi connectivity index (χ1) is 10.1. The minimum absolute atomic E-state index is 0.172.